The molecule has 1 unspecified atom stereocenters. The van der Waals surface area contributed by atoms with Gasteiger partial charge in [-0.15, -0.1) is 12.4 Å². The standard InChI is InChI=1S/C14H19ClN2O.ClH/c15-13-4-2-1-3-12(13)10-17-14(18)6-5-11-7-8-16-9-11;/h1-4,11,16H,5-10H2,(H,17,18);1H. The maximum absolute atomic E-state index is 11.7. The lowest BCUT2D eigenvalue weighted by atomic mass is 10.0. The zero-order valence-electron chi connectivity index (χ0n) is 10.8. The molecule has 1 fully saturated rings. The van der Waals surface area contributed by atoms with Crippen LogP contribution in [0.4, 0.5) is 0 Å². The van der Waals surface area contributed by atoms with E-state index in [1.54, 1.807) is 0 Å². The van der Waals surface area contributed by atoms with Crippen molar-refractivity contribution in [2.45, 2.75) is 25.8 Å². The molecule has 0 spiro atoms. The molecule has 2 N–H and O–H groups in total. The summed E-state index contributed by atoms with van der Waals surface area (Å²) < 4.78 is 0. The lowest BCUT2D eigenvalue weighted by Crippen LogP contribution is -2.23. The first kappa shape index (κ1) is 16.3. The lowest BCUT2D eigenvalue weighted by molar-refractivity contribution is -0.121. The summed E-state index contributed by atoms with van der Waals surface area (Å²) in [6.45, 7) is 2.66. The lowest BCUT2D eigenvalue weighted by Gasteiger charge is -2.09. The summed E-state index contributed by atoms with van der Waals surface area (Å²) in [6, 6.07) is 7.59. The fraction of sp³-hybridized carbons (Fsp3) is 0.500. The van der Waals surface area contributed by atoms with Gasteiger partial charge in [0.25, 0.3) is 0 Å². The van der Waals surface area contributed by atoms with Crippen molar-refractivity contribution >= 4 is 29.9 Å². The van der Waals surface area contributed by atoms with Crippen molar-refractivity contribution in [2.75, 3.05) is 13.1 Å². The predicted octanol–water partition coefficient (Wildman–Crippen LogP) is 2.77. The van der Waals surface area contributed by atoms with Gasteiger partial charge in [0.15, 0.2) is 0 Å². The SMILES string of the molecule is Cl.O=C(CCC1CCNC1)NCc1ccccc1Cl. The highest BCUT2D eigenvalue weighted by Gasteiger charge is 2.15. The highest BCUT2D eigenvalue weighted by atomic mass is 35.5. The Morgan fingerprint density at radius 3 is 2.89 bits per heavy atom. The highest BCUT2D eigenvalue weighted by molar-refractivity contribution is 6.31. The summed E-state index contributed by atoms with van der Waals surface area (Å²) in [5.74, 6) is 0.776. The van der Waals surface area contributed by atoms with Crippen molar-refractivity contribution in [3.05, 3.63) is 34.9 Å². The molecule has 2 rings (SSSR count). The van der Waals surface area contributed by atoms with Gasteiger partial charge in [0, 0.05) is 18.0 Å². The Morgan fingerprint density at radius 2 is 2.21 bits per heavy atom. The molecule has 1 atom stereocenters. The second-order valence-corrected chi connectivity index (χ2v) is 5.17. The van der Waals surface area contributed by atoms with Crippen LogP contribution in [0.25, 0.3) is 0 Å². The van der Waals surface area contributed by atoms with E-state index in [4.69, 9.17) is 11.6 Å². The van der Waals surface area contributed by atoms with Gasteiger partial charge in [-0.2, -0.15) is 0 Å². The van der Waals surface area contributed by atoms with Gasteiger partial charge in [-0.25, -0.2) is 0 Å². The Balaban J connectivity index is 0.00000180. The monoisotopic (exact) mass is 302 g/mol. The van der Waals surface area contributed by atoms with E-state index in [9.17, 15) is 4.79 Å². The average Bonchev–Trinajstić information content (AvgIpc) is 2.88. The molecule has 1 aromatic carbocycles. The fourth-order valence-corrected chi connectivity index (χ4v) is 2.42. The summed E-state index contributed by atoms with van der Waals surface area (Å²) in [5, 5.41) is 6.94. The van der Waals surface area contributed by atoms with E-state index >= 15 is 0 Å². The van der Waals surface area contributed by atoms with Gasteiger partial charge < -0.3 is 10.6 Å². The molecule has 1 amide bonds. The van der Waals surface area contributed by atoms with Gasteiger partial charge in [-0.05, 0) is 43.5 Å². The van der Waals surface area contributed by atoms with E-state index in [1.807, 2.05) is 24.3 Å². The zero-order chi connectivity index (χ0) is 12.8. The molecule has 0 aromatic heterocycles. The van der Waals surface area contributed by atoms with Crippen LogP contribution in [-0.4, -0.2) is 19.0 Å². The Morgan fingerprint density at radius 1 is 1.42 bits per heavy atom. The van der Waals surface area contributed by atoms with E-state index in [-0.39, 0.29) is 18.3 Å². The third kappa shape index (κ3) is 5.39. The molecule has 0 radical (unpaired) electrons. The zero-order valence-corrected chi connectivity index (χ0v) is 12.4. The van der Waals surface area contributed by atoms with Gasteiger partial charge in [0.2, 0.25) is 5.91 Å². The highest BCUT2D eigenvalue weighted by Crippen LogP contribution is 2.16. The Hall–Kier alpha value is -0.770. The van der Waals surface area contributed by atoms with Crippen molar-refractivity contribution in [1.82, 2.24) is 10.6 Å². The minimum absolute atomic E-state index is 0. The first-order chi connectivity index (χ1) is 8.75. The van der Waals surface area contributed by atoms with Crippen LogP contribution in [0.1, 0.15) is 24.8 Å². The van der Waals surface area contributed by atoms with E-state index in [1.165, 1.54) is 6.42 Å². The molecule has 1 aromatic rings. The number of carbonyl (C=O) groups is 1. The maximum Gasteiger partial charge on any atom is 0.220 e. The van der Waals surface area contributed by atoms with Crippen LogP contribution in [0.5, 0.6) is 0 Å². The minimum Gasteiger partial charge on any atom is -0.352 e. The number of benzene rings is 1. The molecule has 0 saturated carbocycles. The number of amides is 1. The molecule has 0 bridgehead atoms. The molecule has 5 heteroatoms. The summed E-state index contributed by atoms with van der Waals surface area (Å²) in [6.07, 6.45) is 2.77. The molecular formula is C14H20Cl2N2O. The van der Waals surface area contributed by atoms with Crippen LogP contribution < -0.4 is 10.6 Å². The normalized spacial score (nSPS) is 17.8. The first-order valence-corrected chi connectivity index (χ1v) is 6.84. The van der Waals surface area contributed by atoms with Crippen LogP contribution >= 0.6 is 24.0 Å². The van der Waals surface area contributed by atoms with Crippen LogP contribution in [0.2, 0.25) is 5.02 Å². The maximum atomic E-state index is 11.7. The van der Waals surface area contributed by atoms with Crippen LogP contribution in [-0.2, 0) is 11.3 Å². The molecule has 1 heterocycles. The molecule has 1 saturated heterocycles. The Bertz CT molecular complexity index is 406. The number of carbonyl (C=O) groups excluding carboxylic acids is 1. The Kier molecular flexibility index (Phi) is 7.21. The van der Waals surface area contributed by atoms with Crippen molar-refractivity contribution in [3.8, 4) is 0 Å². The molecule has 1 aliphatic rings. The molecule has 19 heavy (non-hydrogen) atoms. The number of rotatable bonds is 5. The molecule has 0 aliphatic carbocycles. The van der Waals surface area contributed by atoms with Crippen LogP contribution in [0, 0.1) is 5.92 Å². The van der Waals surface area contributed by atoms with E-state index in [0.29, 0.717) is 23.9 Å². The summed E-state index contributed by atoms with van der Waals surface area (Å²) in [4.78, 5) is 11.7. The average molecular weight is 303 g/mol. The summed E-state index contributed by atoms with van der Waals surface area (Å²) in [5.41, 5.74) is 0.968. The molecule has 106 valence electrons. The van der Waals surface area contributed by atoms with E-state index in [2.05, 4.69) is 10.6 Å². The second-order valence-electron chi connectivity index (χ2n) is 4.77. The minimum atomic E-state index is 0. The third-order valence-electron chi connectivity index (χ3n) is 3.38. The third-order valence-corrected chi connectivity index (χ3v) is 3.74. The fourth-order valence-electron chi connectivity index (χ4n) is 2.22. The number of hydrogen-bond acceptors (Lipinski definition) is 2. The van der Waals surface area contributed by atoms with E-state index in [0.717, 1.165) is 25.1 Å². The largest absolute Gasteiger partial charge is 0.352 e. The number of hydrogen-bond donors (Lipinski definition) is 2. The first-order valence-electron chi connectivity index (χ1n) is 6.46. The number of halogens is 2. The Labute approximate surface area is 125 Å². The van der Waals surface area contributed by atoms with E-state index < -0.39 is 0 Å². The molecular weight excluding hydrogens is 283 g/mol. The van der Waals surface area contributed by atoms with Crippen molar-refractivity contribution in [2.24, 2.45) is 5.92 Å². The predicted molar refractivity (Wildman–Crippen MR) is 80.8 cm³/mol. The van der Waals surface area contributed by atoms with Crippen molar-refractivity contribution in [3.63, 3.8) is 0 Å². The van der Waals surface area contributed by atoms with Crippen molar-refractivity contribution < 1.29 is 4.79 Å². The topological polar surface area (TPSA) is 41.1 Å². The summed E-state index contributed by atoms with van der Waals surface area (Å²) in [7, 11) is 0. The smallest absolute Gasteiger partial charge is 0.220 e. The molecule has 1 aliphatic heterocycles. The summed E-state index contributed by atoms with van der Waals surface area (Å²) >= 11 is 6.03. The quantitative estimate of drug-likeness (QED) is 0.878. The van der Waals surface area contributed by atoms with Crippen LogP contribution in [0.15, 0.2) is 24.3 Å². The number of nitrogens with one attached hydrogen (secondary N) is 2. The molecule has 3 nitrogen and oxygen atoms in total. The van der Waals surface area contributed by atoms with Crippen molar-refractivity contribution in [1.29, 1.82) is 0 Å². The van der Waals surface area contributed by atoms with Crippen LogP contribution in [0.3, 0.4) is 0 Å². The second kappa shape index (κ2) is 8.41. The van der Waals surface area contributed by atoms with Gasteiger partial charge >= 0.3 is 0 Å². The van der Waals surface area contributed by atoms with Gasteiger partial charge in [-0.1, -0.05) is 29.8 Å². The van der Waals surface area contributed by atoms with Gasteiger partial charge in [-0.3, -0.25) is 4.79 Å². The van der Waals surface area contributed by atoms with Gasteiger partial charge in [0.1, 0.15) is 0 Å². The van der Waals surface area contributed by atoms with Gasteiger partial charge in [0.05, 0.1) is 0 Å².